The number of halogens is 1. The molecule has 4 nitrogen and oxygen atoms in total. The fourth-order valence-electron chi connectivity index (χ4n) is 1.88. The SMILES string of the molecule is CC(C)Oc1ccc(CNC(=O)C2CSCN2)cc1Cl. The first-order valence-electron chi connectivity index (χ1n) is 6.60. The van der Waals surface area contributed by atoms with Gasteiger partial charge in [-0.1, -0.05) is 17.7 Å². The zero-order valence-electron chi connectivity index (χ0n) is 11.6. The van der Waals surface area contributed by atoms with E-state index in [1.807, 2.05) is 32.0 Å². The zero-order chi connectivity index (χ0) is 14.5. The summed E-state index contributed by atoms with van der Waals surface area (Å²) in [5.41, 5.74) is 0.963. The molecule has 0 saturated carbocycles. The van der Waals surface area contributed by atoms with Gasteiger partial charge in [-0.15, -0.1) is 11.8 Å². The predicted octanol–water partition coefficient (Wildman–Crippen LogP) is 2.41. The average molecular weight is 315 g/mol. The molecule has 1 unspecified atom stereocenters. The average Bonchev–Trinajstić information content (AvgIpc) is 2.92. The summed E-state index contributed by atoms with van der Waals surface area (Å²) < 4.78 is 5.57. The van der Waals surface area contributed by atoms with Crippen molar-refractivity contribution in [1.29, 1.82) is 0 Å². The summed E-state index contributed by atoms with van der Waals surface area (Å²) in [6.07, 6.45) is 0.0870. The highest BCUT2D eigenvalue weighted by molar-refractivity contribution is 7.99. The van der Waals surface area contributed by atoms with E-state index >= 15 is 0 Å². The van der Waals surface area contributed by atoms with Crippen LogP contribution in [0.25, 0.3) is 0 Å². The number of carbonyl (C=O) groups excluding carboxylic acids is 1. The molecule has 20 heavy (non-hydrogen) atoms. The summed E-state index contributed by atoms with van der Waals surface area (Å²) in [6, 6.07) is 5.50. The molecule has 1 fully saturated rings. The monoisotopic (exact) mass is 314 g/mol. The van der Waals surface area contributed by atoms with Gasteiger partial charge in [-0.05, 0) is 31.5 Å². The van der Waals surface area contributed by atoms with Crippen LogP contribution in [0.4, 0.5) is 0 Å². The van der Waals surface area contributed by atoms with E-state index in [-0.39, 0.29) is 18.1 Å². The van der Waals surface area contributed by atoms with Crippen molar-refractivity contribution in [1.82, 2.24) is 10.6 Å². The number of thioether (sulfide) groups is 1. The van der Waals surface area contributed by atoms with Gasteiger partial charge in [-0.2, -0.15) is 0 Å². The minimum atomic E-state index is -0.0842. The molecule has 1 amide bonds. The van der Waals surface area contributed by atoms with Crippen molar-refractivity contribution in [2.45, 2.75) is 32.5 Å². The summed E-state index contributed by atoms with van der Waals surface area (Å²) in [6.45, 7) is 4.39. The quantitative estimate of drug-likeness (QED) is 0.876. The Balaban J connectivity index is 1.89. The molecule has 6 heteroatoms. The molecule has 1 aromatic carbocycles. The van der Waals surface area contributed by atoms with Crippen molar-refractivity contribution < 1.29 is 9.53 Å². The molecule has 2 rings (SSSR count). The summed E-state index contributed by atoms with van der Waals surface area (Å²) >= 11 is 7.90. The van der Waals surface area contributed by atoms with Crippen LogP contribution in [0, 0.1) is 0 Å². The number of ether oxygens (including phenoxy) is 1. The summed E-state index contributed by atoms with van der Waals surface area (Å²) in [5, 5.41) is 6.62. The van der Waals surface area contributed by atoms with Crippen LogP contribution in [0.2, 0.25) is 5.02 Å². The largest absolute Gasteiger partial charge is 0.489 e. The Morgan fingerprint density at radius 3 is 3.00 bits per heavy atom. The van der Waals surface area contributed by atoms with Crippen molar-refractivity contribution in [2.75, 3.05) is 11.6 Å². The van der Waals surface area contributed by atoms with Crippen LogP contribution in [0.3, 0.4) is 0 Å². The van der Waals surface area contributed by atoms with Gasteiger partial charge >= 0.3 is 0 Å². The molecule has 1 aliphatic heterocycles. The first kappa shape index (κ1) is 15.5. The van der Waals surface area contributed by atoms with Crippen LogP contribution in [0.1, 0.15) is 19.4 Å². The van der Waals surface area contributed by atoms with Crippen molar-refractivity contribution >= 4 is 29.3 Å². The predicted molar refractivity (Wildman–Crippen MR) is 83.3 cm³/mol. The lowest BCUT2D eigenvalue weighted by Crippen LogP contribution is -2.41. The minimum Gasteiger partial charge on any atom is -0.489 e. The Morgan fingerprint density at radius 1 is 1.60 bits per heavy atom. The highest BCUT2D eigenvalue weighted by atomic mass is 35.5. The second kappa shape index (κ2) is 7.20. The smallest absolute Gasteiger partial charge is 0.238 e. The van der Waals surface area contributed by atoms with E-state index < -0.39 is 0 Å². The van der Waals surface area contributed by atoms with E-state index in [1.54, 1.807) is 11.8 Å². The number of rotatable bonds is 5. The molecule has 1 saturated heterocycles. The lowest BCUT2D eigenvalue weighted by atomic mass is 10.2. The Bertz CT molecular complexity index is 476. The molecule has 1 aromatic rings. The van der Waals surface area contributed by atoms with Crippen molar-refractivity contribution in [3.8, 4) is 5.75 Å². The van der Waals surface area contributed by atoms with Crippen LogP contribution in [0.15, 0.2) is 18.2 Å². The third-order valence-electron chi connectivity index (χ3n) is 2.86. The van der Waals surface area contributed by atoms with Gasteiger partial charge in [0.1, 0.15) is 5.75 Å². The summed E-state index contributed by atoms with van der Waals surface area (Å²) in [7, 11) is 0. The Labute approximate surface area is 128 Å². The molecule has 1 heterocycles. The molecule has 1 atom stereocenters. The Kier molecular flexibility index (Phi) is 5.57. The minimum absolute atomic E-state index is 0.0358. The van der Waals surface area contributed by atoms with E-state index in [1.165, 1.54) is 0 Å². The summed E-state index contributed by atoms with van der Waals surface area (Å²) in [5.74, 6) is 2.37. The second-order valence-corrected chi connectivity index (χ2v) is 6.36. The standard InChI is InChI=1S/C14H19ClN2O2S/c1-9(2)19-13-4-3-10(5-11(13)15)6-16-14(18)12-7-20-8-17-12/h3-5,9,12,17H,6-8H2,1-2H3,(H,16,18). The highest BCUT2D eigenvalue weighted by Gasteiger charge is 2.21. The molecule has 0 aromatic heterocycles. The number of nitrogens with one attached hydrogen (secondary N) is 2. The van der Waals surface area contributed by atoms with Crippen molar-refractivity contribution in [3.05, 3.63) is 28.8 Å². The van der Waals surface area contributed by atoms with Crippen molar-refractivity contribution in [3.63, 3.8) is 0 Å². The third-order valence-corrected chi connectivity index (χ3v) is 4.09. The third kappa shape index (κ3) is 4.30. The number of amides is 1. The number of hydrogen-bond acceptors (Lipinski definition) is 4. The molecule has 0 bridgehead atoms. The zero-order valence-corrected chi connectivity index (χ0v) is 13.2. The van der Waals surface area contributed by atoms with Crippen LogP contribution >= 0.6 is 23.4 Å². The van der Waals surface area contributed by atoms with Crippen LogP contribution in [0.5, 0.6) is 5.75 Å². The molecule has 2 N–H and O–H groups in total. The maximum Gasteiger partial charge on any atom is 0.238 e. The van der Waals surface area contributed by atoms with Gasteiger partial charge < -0.3 is 10.1 Å². The highest BCUT2D eigenvalue weighted by Crippen LogP contribution is 2.26. The Hall–Kier alpha value is -0.910. The lowest BCUT2D eigenvalue weighted by molar-refractivity contribution is -0.122. The maximum atomic E-state index is 11.9. The molecule has 0 radical (unpaired) electrons. The fraction of sp³-hybridized carbons (Fsp3) is 0.500. The van der Waals surface area contributed by atoms with Gasteiger partial charge in [0, 0.05) is 18.2 Å². The lowest BCUT2D eigenvalue weighted by Gasteiger charge is -2.13. The van der Waals surface area contributed by atoms with Gasteiger partial charge in [0.2, 0.25) is 5.91 Å². The number of hydrogen-bond donors (Lipinski definition) is 2. The van der Waals surface area contributed by atoms with E-state index in [9.17, 15) is 4.79 Å². The van der Waals surface area contributed by atoms with Crippen LogP contribution in [-0.4, -0.2) is 29.7 Å². The van der Waals surface area contributed by atoms with E-state index in [4.69, 9.17) is 16.3 Å². The first-order valence-corrected chi connectivity index (χ1v) is 8.13. The van der Waals surface area contributed by atoms with Crippen LogP contribution < -0.4 is 15.4 Å². The van der Waals surface area contributed by atoms with E-state index in [0.29, 0.717) is 17.3 Å². The maximum absolute atomic E-state index is 11.9. The molecular formula is C14H19ClN2O2S. The van der Waals surface area contributed by atoms with Gasteiger partial charge in [-0.25, -0.2) is 0 Å². The molecule has 1 aliphatic rings. The topological polar surface area (TPSA) is 50.4 Å². The number of carbonyl (C=O) groups is 1. The fourth-order valence-corrected chi connectivity index (χ4v) is 3.07. The van der Waals surface area contributed by atoms with Gasteiger partial charge in [-0.3, -0.25) is 10.1 Å². The normalized spacial score (nSPS) is 18.3. The Morgan fingerprint density at radius 2 is 2.40 bits per heavy atom. The van der Waals surface area contributed by atoms with Crippen molar-refractivity contribution in [2.24, 2.45) is 0 Å². The molecular weight excluding hydrogens is 296 g/mol. The molecule has 0 aliphatic carbocycles. The van der Waals surface area contributed by atoms with Crippen LogP contribution in [-0.2, 0) is 11.3 Å². The van der Waals surface area contributed by atoms with E-state index in [0.717, 1.165) is 17.2 Å². The first-order chi connectivity index (χ1) is 9.56. The van der Waals surface area contributed by atoms with Gasteiger partial charge in [0.05, 0.1) is 17.2 Å². The number of benzene rings is 1. The molecule has 0 spiro atoms. The van der Waals surface area contributed by atoms with E-state index in [2.05, 4.69) is 10.6 Å². The van der Waals surface area contributed by atoms with Gasteiger partial charge in [0.15, 0.2) is 0 Å². The molecule has 110 valence electrons. The summed E-state index contributed by atoms with van der Waals surface area (Å²) in [4.78, 5) is 11.9. The van der Waals surface area contributed by atoms with Gasteiger partial charge in [0.25, 0.3) is 0 Å². The second-order valence-electron chi connectivity index (χ2n) is 4.92.